The molecule has 1 N–H and O–H groups in total. The van der Waals surface area contributed by atoms with Crippen molar-refractivity contribution >= 4 is 5.69 Å². The quantitative estimate of drug-likeness (QED) is 0.324. The fourth-order valence-electron chi connectivity index (χ4n) is 3.05. The molecule has 3 rings (SSSR count). The number of hydrogen-bond donors (Lipinski definition) is 1. The van der Waals surface area contributed by atoms with Crippen LogP contribution in [0, 0.1) is 11.6 Å². The SMILES string of the molecule is CCCCNc1ccc(Oc2ccc(F)cc2F)c(-c2cc(OC(F)F)c(=O)n(C)c2)c1. The summed E-state index contributed by atoms with van der Waals surface area (Å²) >= 11 is 0. The van der Waals surface area contributed by atoms with E-state index >= 15 is 0 Å². The van der Waals surface area contributed by atoms with Crippen LogP contribution >= 0.6 is 0 Å². The molecule has 0 radical (unpaired) electrons. The van der Waals surface area contributed by atoms with Crippen LogP contribution in [0.3, 0.4) is 0 Å². The second-order valence-electron chi connectivity index (χ2n) is 7.06. The lowest BCUT2D eigenvalue weighted by atomic mass is 10.0. The highest BCUT2D eigenvalue weighted by atomic mass is 19.3. The number of ether oxygens (including phenoxy) is 2. The Labute approximate surface area is 182 Å². The predicted octanol–water partition coefficient (Wildman–Crippen LogP) is 5.94. The standard InChI is InChI=1S/C23H22F4N2O3/c1-3-4-9-28-16-6-8-19(31-20-7-5-15(24)11-18(20)25)17(12-16)14-10-21(32-23(26)27)22(30)29(2)13-14/h5-8,10-13,23,28H,3-4,9H2,1-2H3. The zero-order chi connectivity index (χ0) is 23.3. The van der Waals surface area contributed by atoms with E-state index in [9.17, 15) is 22.4 Å². The summed E-state index contributed by atoms with van der Waals surface area (Å²) in [6.45, 7) is -0.421. The van der Waals surface area contributed by atoms with Crippen LogP contribution in [0.5, 0.6) is 17.2 Å². The van der Waals surface area contributed by atoms with E-state index in [4.69, 9.17) is 4.74 Å². The lowest BCUT2D eigenvalue weighted by molar-refractivity contribution is -0.0510. The van der Waals surface area contributed by atoms with E-state index in [0.717, 1.165) is 29.5 Å². The third kappa shape index (κ3) is 5.60. The first-order chi connectivity index (χ1) is 15.3. The first-order valence-corrected chi connectivity index (χ1v) is 9.95. The molecule has 32 heavy (non-hydrogen) atoms. The van der Waals surface area contributed by atoms with Gasteiger partial charge in [0.05, 0.1) is 0 Å². The van der Waals surface area contributed by atoms with Gasteiger partial charge in [-0.2, -0.15) is 8.78 Å². The third-order valence-corrected chi connectivity index (χ3v) is 4.63. The van der Waals surface area contributed by atoms with Crippen molar-refractivity contribution in [2.75, 3.05) is 11.9 Å². The smallest absolute Gasteiger partial charge is 0.387 e. The van der Waals surface area contributed by atoms with Gasteiger partial charge in [0.25, 0.3) is 5.56 Å². The van der Waals surface area contributed by atoms with Gasteiger partial charge in [-0.25, -0.2) is 8.78 Å². The van der Waals surface area contributed by atoms with Crippen LogP contribution in [-0.4, -0.2) is 17.7 Å². The van der Waals surface area contributed by atoms with E-state index < -0.39 is 29.6 Å². The maximum absolute atomic E-state index is 14.2. The largest absolute Gasteiger partial charge is 0.454 e. The summed E-state index contributed by atoms with van der Waals surface area (Å²) in [4.78, 5) is 12.2. The van der Waals surface area contributed by atoms with Crippen LogP contribution in [0.4, 0.5) is 23.2 Å². The first-order valence-electron chi connectivity index (χ1n) is 9.95. The van der Waals surface area contributed by atoms with Crippen molar-refractivity contribution in [1.82, 2.24) is 4.57 Å². The molecule has 0 spiro atoms. The molecule has 2 aromatic carbocycles. The van der Waals surface area contributed by atoms with E-state index in [-0.39, 0.29) is 11.5 Å². The summed E-state index contributed by atoms with van der Waals surface area (Å²) in [6.07, 6.45) is 3.35. The lowest BCUT2D eigenvalue weighted by Gasteiger charge is -2.16. The Hall–Kier alpha value is -3.49. The Morgan fingerprint density at radius 2 is 1.78 bits per heavy atom. The van der Waals surface area contributed by atoms with Crippen LogP contribution in [-0.2, 0) is 7.05 Å². The monoisotopic (exact) mass is 450 g/mol. The number of nitrogens with one attached hydrogen (secondary N) is 1. The van der Waals surface area contributed by atoms with Crippen LogP contribution < -0.4 is 20.3 Å². The number of aromatic nitrogens is 1. The molecule has 0 bridgehead atoms. The number of pyridine rings is 1. The number of aryl methyl sites for hydroxylation is 1. The molecule has 9 heteroatoms. The summed E-state index contributed by atoms with van der Waals surface area (Å²) in [6, 6.07) is 9.05. The number of anilines is 1. The second-order valence-corrected chi connectivity index (χ2v) is 7.06. The molecule has 170 valence electrons. The molecular weight excluding hydrogens is 428 g/mol. The average Bonchev–Trinajstić information content (AvgIpc) is 2.74. The van der Waals surface area contributed by atoms with Gasteiger partial charge in [-0.3, -0.25) is 4.79 Å². The molecule has 0 fully saturated rings. The Balaban J connectivity index is 2.09. The van der Waals surface area contributed by atoms with Gasteiger partial charge < -0.3 is 19.4 Å². The minimum Gasteiger partial charge on any atom is -0.454 e. The van der Waals surface area contributed by atoms with Gasteiger partial charge in [0.1, 0.15) is 11.6 Å². The minimum atomic E-state index is -3.18. The van der Waals surface area contributed by atoms with Crippen molar-refractivity contribution in [3.8, 4) is 28.4 Å². The molecule has 0 saturated heterocycles. The van der Waals surface area contributed by atoms with Crippen molar-refractivity contribution in [2.45, 2.75) is 26.4 Å². The van der Waals surface area contributed by atoms with Gasteiger partial charge >= 0.3 is 6.61 Å². The molecular formula is C23H22F4N2O3. The van der Waals surface area contributed by atoms with E-state index in [0.29, 0.717) is 29.4 Å². The molecule has 0 aliphatic rings. The number of unbranched alkanes of at least 4 members (excludes halogenated alkanes) is 1. The molecule has 0 saturated carbocycles. The highest BCUT2D eigenvalue weighted by molar-refractivity contribution is 5.75. The zero-order valence-corrected chi connectivity index (χ0v) is 17.5. The fourth-order valence-corrected chi connectivity index (χ4v) is 3.05. The summed E-state index contributed by atoms with van der Waals surface area (Å²) in [5, 5.41) is 3.24. The maximum atomic E-state index is 14.2. The Kier molecular flexibility index (Phi) is 7.40. The second kappa shape index (κ2) is 10.2. The first kappa shape index (κ1) is 23.2. The molecule has 0 unspecified atom stereocenters. The number of halogens is 4. The molecule has 0 atom stereocenters. The number of rotatable bonds is 9. The van der Waals surface area contributed by atoms with E-state index in [1.54, 1.807) is 18.2 Å². The normalized spacial score (nSPS) is 11.0. The van der Waals surface area contributed by atoms with Crippen LogP contribution in [0.15, 0.2) is 53.5 Å². The van der Waals surface area contributed by atoms with E-state index in [2.05, 4.69) is 17.0 Å². The summed E-state index contributed by atoms with van der Waals surface area (Å²) in [7, 11) is 1.40. The van der Waals surface area contributed by atoms with Gasteiger partial charge in [0, 0.05) is 42.7 Å². The van der Waals surface area contributed by atoms with Gasteiger partial charge in [-0.05, 0) is 42.8 Å². The highest BCUT2D eigenvalue weighted by Crippen LogP contribution is 2.37. The molecule has 0 aliphatic carbocycles. The zero-order valence-electron chi connectivity index (χ0n) is 17.5. The fraction of sp³-hybridized carbons (Fsp3) is 0.261. The number of hydrogen-bond acceptors (Lipinski definition) is 4. The summed E-state index contributed by atoms with van der Waals surface area (Å²) in [5.41, 5.74) is 0.702. The predicted molar refractivity (Wildman–Crippen MR) is 114 cm³/mol. The van der Waals surface area contributed by atoms with E-state index in [1.165, 1.54) is 19.3 Å². The molecule has 5 nitrogen and oxygen atoms in total. The topological polar surface area (TPSA) is 52.5 Å². The highest BCUT2D eigenvalue weighted by Gasteiger charge is 2.17. The van der Waals surface area contributed by atoms with Crippen molar-refractivity contribution < 1.29 is 27.0 Å². The molecule has 3 aromatic rings. The molecule has 0 aliphatic heterocycles. The van der Waals surface area contributed by atoms with Crippen LogP contribution in [0.25, 0.3) is 11.1 Å². The van der Waals surface area contributed by atoms with Gasteiger partial charge in [-0.15, -0.1) is 0 Å². The number of nitrogens with zero attached hydrogens (tertiary/aromatic N) is 1. The van der Waals surface area contributed by atoms with Gasteiger partial charge in [0.2, 0.25) is 0 Å². The maximum Gasteiger partial charge on any atom is 0.387 e. The van der Waals surface area contributed by atoms with Crippen LogP contribution in [0.1, 0.15) is 19.8 Å². The Morgan fingerprint density at radius 3 is 2.47 bits per heavy atom. The Bertz CT molecular complexity index is 1150. The number of alkyl halides is 2. The van der Waals surface area contributed by atoms with Gasteiger partial charge in [-0.1, -0.05) is 13.3 Å². The van der Waals surface area contributed by atoms with Gasteiger partial charge in [0.15, 0.2) is 17.3 Å². The molecule has 0 amide bonds. The molecule has 1 heterocycles. The summed E-state index contributed by atoms with van der Waals surface area (Å²) < 4.78 is 64.1. The van der Waals surface area contributed by atoms with E-state index in [1.807, 2.05) is 0 Å². The third-order valence-electron chi connectivity index (χ3n) is 4.63. The van der Waals surface area contributed by atoms with Crippen molar-refractivity contribution in [3.63, 3.8) is 0 Å². The summed E-state index contributed by atoms with van der Waals surface area (Å²) in [5.74, 6) is -2.23. The minimum absolute atomic E-state index is 0.179. The lowest BCUT2D eigenvalue weighted by Crippen LogP contribution is -2.20. The average molecular weight is 450 g/mol. The molecule has 1 aromatic heterocycles. The van der Waals surface area contributed by atoms with Crippen molar-refractivity contribution in [2.24, 2.45) is 7.05 Å². The van der Waals surface area contributed by atoms with Crippen LogP contribution in [0.2, 0.25) is 0 Å². The van der Waals surface area contributed by atoms with Crippen molar-refractivity contribution in [1.29, 1.82) is 0 Å². The Morgan fingerprint density at radius 1 is 1.03 bits per heavy atom. The number of benzene rings is 2. The van der Waals surface area contributed by atoms with Crippen molar-refractivity contribution in [3.05, 3.63) is 70.6 Å².